The second kappa shape index (κ2) is 12.7. The quantitative estimate of drug-likeness (QED) is 0.429. The van der Waals surface area contributed by atoms with Crippen LogP contribution in [0.3, 0.4) is 0 Å². The molecule has 0 aliphatic heterocycles. The maximum Gasteiger partial charge on any atom is 0.408 e. The van der Waals surface area contributed by atoms with Gasteiger partial charge in [0.1, 0.15) is 17.7 Å². The largest absolute Gasteiger partial charge is 0.444 e. The number of benzene rings is 2. The monoisotopic (exact) mass is 509 g/mol. The number of ether oxygens (including phenoxy) is 1. The van der Waals surface area contributed by atoms with Crippen LogP contribution < -0.4 is 10.6 Å². The van der Waals surface area contributed by atoms with Gasteiger partial charge in [0.05, 0.1) is 0 Å². The third kappa shape index (κ3) is 8.34. The molecular formula is C30H43N3O4. The van der Waals surface area contributed by atoms with Crippen LogP contribution in [0.25, 0.3) is 0 Å². The molecule has 37 heavy (non-hydrogen) atoms. The molecule has 0 radical (unpaired) electrons. The molecule has 0 heterocycles. The first-order valence-corrected chi connectivity index (χ1v) is 13.0. The number of para-hydroxylation sites is 1. The summed E-state index contributed by atoms with van der Waals surface area (Å²) in [5.41, 5.74) is 3.55. The van der Waals surface area contributed by atoms with Gasteiger partial charge in [-0.05, 0) is 83.1 Å². The van der Waals surface area contributed by atoms with E-state index in [-0.39, 0.29) is 24.3 Å². The Morgan fingerprint density at radius 1 is 0.919 bits per heavy atom. The van der Waals surface area contributed by atoms with Crippen molar-refractivity contribution in [1.29, 1.82) is 0 Å². The Labute approximate surface area is 222 Å². The maximum absolute atomic E-state index is 14.0. The summed E-state index contributed by atoms with van der Waals surface area (Å²) in [5.74, 6) is -0.502. The molecule has 0 aliphatic carbocycles. The van der Waals surface area contributed by atoms with E-state index in [2.05, 4.69) is 10.6 Å². The van der Waals surface area contributed by atoms with E-state index in [0.717, 1.165) is 27.9 Å². The Hall–Kier alpha value is -3.35. The Bertz CT molecular complexity index is 1080. The van der Waals surface area contributed by atoms with Gasteiger partial charge < -0.3 is 20.3 Å². The van der Waals surface area contributed by atoms with Gasteiger partial charge in [-0.15, -0.1) is 0 Å². The van der Waals surface area contributed by atoms with Gasteiger partial charge in [0.15, 0.2) is 0 Å². The van der Waals surface area contributed by atoms with Gasteiger partial charge in [0, 0.05) is 12.2 Å². The second-order valence-corrected chi connectivity index (χ2v) is 11.0. The minimum atomic E-state index is -0.882. The predicted octanol–water partition coefficient (Wildman–Crippen LogP) is 6.08. The van der Waals surface area contributed by atoms with E-state index in [1.165, 1.54) is 0 Å². The molecule has 3 amide bonds. The number of nitrogens with zero attached hydrogens (tertiary/aromatic N) is 1. The number of hydrogen-bond acceptors (Lipinski definition) is 4. The van der Waals surface area contributed by atoms with Crippen molar-refractivity contribution in [1.82, 2.24) is 10.2 Å². The molecular weight excluding hydrogens is 466 g/mol. The van der Waals surface area contributed by atoms with Crippen molar-refractivity contribution < 1.29 is 19.1 Å². The summed E-state index contributed by atoms with van der Waals surface area (Å²) in [6.07, 6.45) is -0.247. The molecule has 0 saturated heterocycles. The third-order valence-corrected chi connectivity index (χ3v) is 6.09. The van der Waals surface area contributed by atoms with Crippen molar-refractivity contribution in [2.45, 2.75) is 86.4 Å². The van der Waals surface area contributed by atoms with Crippen molar-refractivity contribution in [2.24, 2.45) is 5.92 Å². The van der Waals surface area contributed by atoms with Crippen molar-refractivity contribution in [2.75, 3.05) is 11.9 Å². The summed E-state index contributed by atoms with van der Waals surface area (Å²) < 4.78 is 5.43. The highest BCUT2D eigenvalue weighted by Crippen LogP contribution is 2.29. The number of carbonyl (C=O) groups is 3. The summed E-state index contributed by atoms with van der Waals surface area (Å²) in [6, 6.07) is 11.7. The lowest BCUT2D eigenvalue weighted by atomic mass is 9.96. The highest BCUT2D eigenvalue weighted by molar-refractivity contribution is 6.00. The zero-order chi connectivity index (χ0) is 27.9. The zero-order valence-electron chi connectivity index (χ0n) is 23.8. The molecule has 2 rings (SSSR count). The molecule has 0 aromatic heterocycles. The summed E-state index contributed by atoms with van der Waals surface area (Å²) in [7, 11) is 0. The highest BCUT2D eigenvalue weighted by atomic mass is 16.6. The van der Waals surface area contributed by atoms with Crippen LogP contribution in [0.2, 0.25) is 0 Å². The zero-order valence-corrected chi connectivity index (χ0v) is 23.8. The molecule has 2 aromatic carbocycles. The number of likely N-dealkylation sites (N-methyl/N-ethyl adjacent to an activating group) is 1. The molecule has 202 valence electrons. The van der Waals surface area contributed by atoms with Gasteiger partial charge in [-0.3, -0.25) is 9.59 Å². The number of rotatable bonds is 9. The van der Waals surface area contributed by atoms with E-state index in [1.807, 2.05) is 84.0 Å². The van der Waals surface area contributed by atoms with Gasteiger partial charge in [-0.1, -0.05) is 56.3 Å². The van der Waals surface area contributed by atoms with Crippen LogP contribution in [0.4, 0.5) is 10.5 Å². The van der Waals surface area contributed by atoms with E-state index in [1.54, 1.807) is 25.7 Å². The van der Waals surface area contributed by atoms with E-state index in [4.69, 9.17) is 4.74 Å². The molecule has 0 spiro atoms. The van der Waals surface area contributed by atoms with Gasteiger partial charge in [0.2, 0.25) is 5.91 Å². The molecule has 2 atom stereocenters. The number of carbonyl (C=O) groups excluding carboxylic acids is 3. The standard InChI is InChI=1S/C30H43N3O4/c1-10-33(28(35)24(18-19(2)3)31-29(36)37-30(7,8)9)26(23-17-12-11-14-20(23)4)27(34)32-25-21(5)15-13-16-22(25)6/h11-17,19,24,26H,10,18H2,1-9H3,(H,31,36)(H,32,34). The number of aryl methyl sites for hydroxylation is 3. The predicted molar refractivity (Wildman–Crippen MR) is 148 cm³/mol. The number of anilines is 1. The fraction of sp³-hybridized carbons (Fsp3) is 0.500. The topological polar surface area (TPSA) is 87.7 Å². The van der Waals surface area contributed by atoms with Crippen LogP contribution >= 0.6 is 0 Å². The maximum atomic E-state index is 14.0. The number of alkyl carbamates (subject to hydrolysis) is 1. The van der Waals surface area contributed by atoms with E-state index in [0.29, 0.717) is 6.42 Å². The van der Waals surface area contributed by atoms with Crippen molar-refractivity contribution >= 4 is 23.6 Å². The molecule has 0 aliphatic rings. The number of nitrogens with one attached hydrogen (secondary N) is 2. The molecule has 0 bridgehead atoms. The van der Waals surface area contributed by atoms with E-state index in [9.17, 15) is 14.4 Å². The lowest BCUT2D eigenvalue weighted by Crippen LogP contribution is -2.52. The first-order valence-electron chi connectivity index (χ1n) is 13.0. The van der Waals surface area contributed by atoms with Crippen LogP contribution in [-0.2, 0) is 14.3 Å². The Kier molecular flexibility index (Phi) is 10.3. The summed E-state index contributed by atoms with van der Waals surface area (Å²) in [5, 5.41) is 5.84. The molecule has 2 N–H and O–H groups in total. The van der Waals surface area contributed by atoms with Gasteiger partial charge in [0.25, 0.3) is 5.91 Å². The lowest BCUT2D eigenvalue weighted by Gasteiger charge is -2.35. The van der Waals surface area contributed by atoms with Gasteiger partial charge in [-0.25, -0.2) is 4.79 Å². The first kappa shape index (κ1) is 29.9. The van der Waals surface area contributed by atoms with Crippen LogP contribution in [0.5, 0.6) is 0 Å². The Morgan fingerprint density at radius 2 is 1.49 bits per heavy atom. The average molecular weight is 510 g/mol. The molecule has 0 fully saturated rings. The average Bonchev–Trinajstić information content (AvgIpc) is 2.78. The third-order valence-electron chi connectivity index (χ3n) is 6.09. The minimum Gasteiger partial charge on any atom is -0.444 e. The van der Waals surface area contributed by atoms with Gasteiger partial charge >= 0.3 is 6.09 Å². The fourth-order valence-electron chi connectivity index (χ4n) is 4.36. The summed E-state index contributed by atoms with van der Waals surface area (Å²) in [4.78, 5) is 42.1. The second-order valence-electron chi connectivity index (χ2n) is 11.0. The number of amides is 3. The van der Waals surface area contributed by atoms with Crippen molar-refractivity contribution in [3.05, 3.63) is 64.7 Å². The van der Waals surface area contributed by atoms with E-state index >= 15 is 0 Å². The Balaban J connectivity index is 2.50. The molecule has 2 unspecified atom stereocenters. The highest BCUT2D eigenvalue weighted by Gasteiger charge is 2.36. The molecule has 2 aromatic rings. The molecule has 7 heteroatoms. The molecule has 7 nitrogen and oxygen atoms in total. The summed E-state index contributed by atoms with van der Waals surface area (Å²) in [6.45, 7) is 17.2. The normalized spacial score (nSPS) is 13.0. The Morgan fingerprint density at radius 3 is 2.00 bits per heavy atom. The lowest BCUT2D eigenvalue weighted by molar-refractivity contribution is -0.140. The SMILES string of the molecule is CCN(C(=O)C(CC(C)C)NC(=O)OC(C)(C)C)C(C(=O)Nc1c(C)cccc1C)c1ccccc1C. The van der Waals surface area contributed by atoms with Crippen LogP contribution in [0, 0.1) is 26.7 Å². The smallest absolute Gasteiger partial charge is 0.408 e. The first-order chi connectivity index (χ1) is 17.2. The van der Waals surface area contributed by atoms with E-state index < -0.39 is 23.8 Å². The van der Waals surface area contributed by atoms with Crippen molar-refractivity contribution in [3.8, 4) is 0 Å². The van der Waals surface area contributed by atoms with Crippen LogP contribution in [0.1, 0.15) is 76.3 Å². The fourth-order valence-corrected chi connectivity index (χ4v) is 4.36. The minimum absolute atomic E-state index is 0.128. The molecule has 0 saturated carbocycles. The van der Waals surface area contributed by atoms with Crippen LogP contribution in [0.15, 0.2) is 42.5 Å². The van der Waals surface area contributed by atoms with Crippen LogP contribution in [-0.4, -0.2) is 41.0 Å². The van der Waals surface area contributed by atoms with Gasteiger partial charge in [-0.2, -0.15) is 0 Å². The summed E-state index contributed by atoms with van der Waals surface area (Å²) >= 11 is 0. The number of hydrogen-bond donors (Lipinski definition) is 2. The van der Waals surface area contributed by atoms with Crippen molar-refractivity contribution in [3.63, 3.8) is 0 Å².